The molecule has 0 radical (unpaired) electrons. The van der Waals surface area contributed by atoms with Gasteiger partial charge in [-0.2, -0.15) is 0 Å². The van der Waals surface area contributed by atoms with Crippen molar-refractivity contribution >= 4 is 5.91 Å². The second-order valence-electron chi connectivity index (χ2n) is 6.42. The third-order valence-electron chi connectivity index (χ3n) is 3.57. The minimum absolute atomic E-state index is 0.250. The monoisotopic (exact) mass is 506 g/mol. The van der Waals surface area contributed by atoms with Gasteiger partial charge in [-0.15, -0.1) is 0 Å². The van der Waals surface area contributed by atoms with Gasteiger partial charge in [0.2, 0.25) is 5.91 Å². The maximum Gasteiger partial charge on any atom is 0.246 e. The number of nitrogens with two attached hydrogens (primary N) is 1. The number of carbonyl (C=O) groups excluding carboxylic acids is 1. The summed E-state index contributed by atoms with van der Waals surface area (Å²) in [6.07, 6.45) is -7.00. The van der Waals surface area contributed by atoms with Crippen molar-refractivity contribution in [2.75, 3.05) is 39.5 Å². The summed E-state index contributed by atoms with van der Waals surface area (Å²) in [7, 11) is 0. The van der Waals surface area contributed by atoms with Crippen molar-refractivity contribution in [3.05, 3.63) is 0 Å². The molecule has 34 heavy (non-hydrogen) atoms. The lowest BCUT2D eigenvalue weighted by Crippen LogP contribution is -2.37. The van der Waals surface area contributed by atoms with Gasteiger partial charge in [0.25, 0.3) is 0 Å². The minimum Gasteiger partial charge on any atom is -0.394 e. The Morgan fingerprint density at radius 2 is 1.32 bits per heavy atom. The first kappa shape index (κ1) is 40.2. The van der Waals surface area contributed by atoms with Crippen LogP contribution in [0.3, 0.4) is 0 Å². The van der Waals surface area contributed by atoms with Gasteiger partial charge in [-0.05, 0) is 20.8 Å². The van der Waals surface area contributed by atoms with Crippen LogP contribution < -0.4 is 11.1 Å². The van der Waals surface area contributed by atoms with Crippen molar-refractivity contribution in [1.29, 1.82) is 0 Å². The van der Waals surface area contributed by atoms with Gasteiger partial charge >= 0.3 is 0 Å². The average Bonchev–Trinajstić information content (AvgIpc) is 2.82. The molecule has 0 saturated carbocycles. The zero-order valence-corrected chi connectivity index (χ0v) is 21.6. The Kier molecular flexibility index (Phi) is 33.4. The number of amides is 1. The van der Waals surface area contributed by atoms with Gasteiger partial charge in [-0.25, -0.2) is 0 Å². The van der Waals surface area contributed by atoms with Gasteiger partial charge in [0.05, 0.1) is 32.0 Å². The summed E-state index contributed by atoms with van der Waals surface area (Å²) in [6, 6.07) is 0. The van der Waals surface area contributed by atoms with Gasteiger partial charge in [-0.3, -0.25) is 4.79 Å². The molecule has 13 heteroatoms. The Bertz CT molecular complexity index is 416. The summed E-state index contributed by atoms with van der Waals surface area (Å²) < 4.78 is 14.7. The van der Waals surface area contributed by atoms with Crippen LogP contribution in [-0.2, 0) is 19.0 Å². The molecule has 0 rings (SSSR count). The highest BCUT2D eigenvalue weighted by Crippen LogP contribution is 2.05. The Morgan fingerprint density at radius 3 is 1.68 bits per heavy atom. The molecular formula is C21H50N2O11. The largest absolute Gasteiger partial charge is 0.394 e. The molecule has 0 fully saturated rings. The van der Waals surface area contributed by atoms with Crippen LogP contribution in [-0.4, -0.2) is 124 Å². The highest BCUT2D eigenvalue weighted by atomic mass is 16.6. The highest BCUT2D eigenvalue weighted by Gasteiger charge is 2.21. The molecule has 1 amide bonds. The SMILES string of the molecule is CC.CC.CC(O)C(CO)OCC(O)OCC(=O)NCCN.CC(O)C(CO)O[C@H](C)C(O)O. The van der Waals surface area contributed by atoms with Crippen molar-refractivity contribution in [2.45, 2.75) is 91.6 Å². The molecule has 0 heterocycles. The average molecular weight is 507 g/mol. The number of aliphatic hydroxyl groups excluding tert-OH is 6. The Morgan fingerprint density at radius 1 is 0.853 bits per heavy atom. The zero-order valence-electron chi connectivity index (χ0n) is 21.6. The number of hydrogen-bond acceptors (Lipinski definition) is 12. The Labute approximate surface area is 203 Å². The molecule has 5 unspecified atom stereocenters. The van der Waals surface area contributed by atoms with Gasteiger partial charge in [0.1, 0.15) is 24.9 Å². The number of ether oxygens (including phenoxy) is 3. The molecule has 210 valence electrons. The van der Waals surface area contributed by atoms with E-state index in [2.05, 4.69) is 5.32 Å². The number of aliphatic hydroxyl groups is 7. The van der Waals surface area contributed by atoms with Crippen molar-refractivity contribution in [3.63, 3.8) is 0 Å². The molecule has 0 aliphatic rings. The van der Waals surface area contributed by atoms with Gasteiger partial charge in [0.15, 0.2) is 12.6 Å². The summed E-state index contributed by atoms with van der Waals surface area (Å²) in [5.41, 5.74) is 5.19. The van der Waals surface area contributed by atoms with E-state index in [-0.39, 0.29) is 26.4 Å². The van der Waals surface area contributed by atoms with Gasteiger partial charge in [-0.1, -0.05) is 27.7 Å². The van der Waals surface area contributed by atoms with E-state index in [1.54, 1.807) is 0 Å². The summed E-state index contributed by atoms with van der Waals surface area (Å²) in [4.78, 5) is 11.1. The highest BCUT2D eigenvalue weighted by molar-refractivity contribution is 5.77. The van der Waals surface area contributed by atoms with Gasteiger partial charge in [0, 0.05) is 13.1 Å². The normalized spacial score (nSPS) is 15.6. The molecule has 10 N–H and O–H groups in total. The van der Waals surface area contributed by atoms with E-state index in [4.69, 9.17) is 50.6 Å². The van der Waals surface area contributed by atoms with E-state index in [0.29, 0.717) is 13.1 Å². The lowest BCUT2D eigenvalue weighted by atomic mass is 10.2. The first-order valence-electron chi connectivity index (χ1n) is 11.5. The molecule has 0 aromatic rings. The van der Waals surface area contributed by atoms with Crippen LogP contribution in [0.15, 0.2) is 0 Å². The summed E-state index contributed by atoms with van der Waals surface area (Å²) in [6.45, 7) is 11.7. The van der Waals surface area contributed by atoms with E-state index in [1.807, 2.05) is 27.7 Å². The minimum atomic E-state index is -1.60. The lowest BCUT2D eigenvalue weighted by molar-refractivity contribution is -0.178. The number of rotatable bonds is 15. The van der Waals surface area contributed by atoms with Crippen molar-refractivity contribution in [1.82, 2.24) is 5.32 Å². The molecule has 0 saturated heterocycles. The number of hydrogen-bond donors (Lipinski definition) is 9. The van der Waals surface area contributed by atoms with E-state index in [1.165, 1.54) is 20.8 Å². The standard InChI is InChI=1S/C10H22N2O6.C7H16O5.2C2H6/c1-7(14)8(4-13)17-6-10(16)18-5-9(15)12-3-2-11;1-4(9)6(3-8)12-5(2)7(10)11;2*1-2/h7-8,10,13-14,16H,2-6,11H2,1H3,(H,12,15);4-11H,3H2,1-2H3;2*1-2H3/t;4?,5-,6?;;/m.1../s1. The van der Waals surface area contributed by atoms with Crippen molar-refractivity contribution < 1.29 is 54.8 Å². The van der Waals surface area contributed by atoms with Crippen LogP contribution in [0.25, 0.3) is 0 Å². The van der Waals surface area contributed by atoms with Crippen LogP contribution >= 0.6 is 0 Å². The first-order valence-corrected chi connectivity index (χ1v) is 11.5. The zero-order chi connectivity index (χ0) is 27.7. The van der Waals surface area contributed by atoms with Crippen molar-refractivity contribution in [2.24, 2.45) is 5.73 Å². The summed E-state index contributed by atoms with van der Waals surface area (Å²) in [5, 5.41) is 64.7. The fraction of sp³-hybridized carbons (Fsp3) is 0.952. The molecule has 0 aromatic carbocycles. The maximum atomic E-state index is 11.1. The Balaban J connectivity index is -0.000000244. The van der Waals surface area contributed by atoms with E-state index in [0.717, 1.165) is 0 Å². The predicted octanol–water partition coefficient (Wildman–Crippen LogP) is -2.35. The molecule has 0 aromatic heterocycles. The van der Waals surface area contributed by atoms with Crippen LogP contribution in [0.2, 0.25) is 0 Å². The number of carbonyl (C=O) groups is 1. The van der Waals surface area contributed by atoms with E-state index >= 15 is 0 Å². The molecule has 0 bridgehead atoms. The molecule has 0 aliphatic carbocycles. The quantitative estimate of drug-likeness (QED) is 0.106. The number of nitrogens with one attached hydrogen (secondary N) is 1. The maximum absolute atomic E-state index is 11.1. The van der Waals surface area contributed by atoms with Crippen LogP contribution in [0.5, 0.6) is 0 Å². The molecule has 0 spiro atoms. The fourth-order valence-electron chi connectivity index (χ4n) is 1.69. The first-order chi connectivity index (χ1) is 16.0. The van der Waals surface area contributed by atoms with Crippen molar-refractivity contribution in [3.8, 4) is 0 Å². The molecular weight excluding hydrogens is 456 g/mol. The van der Waals surface area contributed by atoms with Gasteiger partial charge < -0.3 is 61.0 Å². The third kappa shape index (κ3) is 25.6. The molecule has 13 nitrogen and oxygen atoms in total. The lowest BCUT2D eigenvalue weighted by Gasteiger charge is -2.23. The molecule has 0 aliphatic heterocycles. The van der Waals surface area contributed by atoms with Crippen LogP contribution in [0, 0.1) is 0 Å². The van der Waals surface area contributed by atoms with Crippen LogP contribution in [0.1, 0.15) is 48.5 Å². The summed E-state index contributed by atoms with van der Waals surface area (Å²) in [5.74, 6) is -0.395. The second kappa shape index (κ2) is 28.3. The fourth-order valence-corrected chi connectivity index (χ4v) is 1.69. The predicted molar refractivity (Wildman–Crippen MR) is 127 cm³/mol. The molecule has 6 atom stereocenters. The van der Waals surface area contributed by atoms with E-state index < -0.39 is 49.0 Å². The summed E-state index contributed by atoms with van der Waals surface area (Å²) >= 11 is 0. The second-order valence-corrected chi connectivity index (χ2v) is 6.42. The third-order valence-corrected chi connectivity index (χ3v) is 3.57. The Hall–Kier alpha value is -0.970. The smallest absolute Gasteiger partial charge is 0.246 e. The topological polar surface area (TPSA) is 224 Å². The van der Waals surface area contributed by atoms with E-state index in [9.17, 15) is 9.90 Å². The van der Waals surface area contributed by atoms with Crippen LogP contribution in [0.4, 0.5) is 0 Å².